The highest BCUT2D eigenvalue weighted by Crippen LogP contribution is 2.43. The van der Waals surface area contributed by atoms with E-state index in [1.54, 1.807) is 12.4 Å². The first-order chi connectivity index (χ1) is 8.60. The summed E-state index contributed by atoms with van der Waals surface area (Å²) in [6.45, 7) is 0. The zero-order valence-corrected chi connectivity index (χ0v) is 11.3. The lowest BCUT2D eigenvalue weighted by molar-refractivity contribution is -0.00521. The van der Waals surface area contributed by atoms with Gasteiger partial charge in [0, 0.05) is 18.0 Å². The van der Waals surface area contributed by atoms with Gasteiger partial charge in [-0.2, -0.15) is 0 Å². The zero-order valence-electron chi connectivity index (χ0n) is 11.3. The molecule has 0 spiro atoms. The lowest BCUT2D eigenvalue weighted by Gasteiger charge is -2.40. The van der Waals surface area contributed by atoms with Gasteiger partial charge in [-0.25, -0.2) is 9.97 Å². The van der Waals surface area contributed by atoms with Crippen molar-refractivity contribution in [2.24, 2.45) is 0 Å². The number of aromatic nitrogens is 2. The van der Waals surface area contributed by atoms with Gasteiger partial charge in [-0.3, -0.25) is 0 Å². The molecular formula is C13H21N3O2. The number of nitrogens with zero attached hydrogens (tertiary/aromatic N) is 3. The molecule has 2 rings (SSSR count). The van der Waals surface area contributed by atoms with Crippen LogP contribution in [0, 0.1) is 0 Å². The summed E-state index contributed by atoms with van der Waals surface area (Å²) in [5, 5.41) is 10.6. The molecule has 0 aromatic carbocycles. The molecule has 1 fully saturated rings. The molecule has 1 unspecified atom stereocenters. The molecule has 0 bridgehead atoms. The van der Waals surface area contributed by atoms with E-state index in [1.807, 2.05) is 14.1 Å². The smallest absolute Gasteiger partial charge is 0.316 e. The van der Waals surface area contributed by atoms with Crippen LogP contribution in [0.25, 0.3) is 0 Å². The van der Waals surface area contributed by atoms with Gasteiger partial charge in [0.1, 0.15) is 6.10 Å². The van der Waals surface area contributed by atoms with Gasteiger partial charge >= 0.3 is 6.01 Å². The van der Waals surface area contributed by atoms with Crippen LogP contribution in [0.3, 0.4) is 0 Å². The average Bonchev–Trinajstić information content (AvgIpc) is 2.88. The van der Waals surface area contributed by atoms with E-state index in [9.17, 15) is 5.11 Å². The Morgan fingerprint density at radius 2 is 1.83 bits per heavy atom. The fourth-order valence-corrected chi connectivity index (χ4v) is 2.84. The van der Waals surface area contributed by atoms with E-state index in [2.05, 4.69) is 14.9 Å². The van der Waals surface area contributed by atoms with Gasteiger partial charge in [-0.15, -0.1) is 0 Å². The van der Waals surface area contributed by atoms with Gasteiger partial charge in [0.05, 0.1) is 12.6 Å². The molecular weight excluding hydrogens is 230 g/mol. The fraction of sp³-hybridized carbons (Fsp3) is 0.692. The summed E-state index contributed by atoms with van der Waals surface area (Å²) in [4.78, 5) is 10.3. The highest BCUT2D eigenvalue weighted by atomic mass is 16.5. The summed E-state index contributed by atoms with van der Waals surface area (Å²) < 4.78 is 4.93. The summed E-state index contributed by atoms with van der Waals surface area (Å²) in [7, 11) is 5.58. The van der Waals surface area contributed by atoms with E-state index >= 15 is 0 Å². The Balaban J connectivity index is 2.25. The predicted octanol–water partition coefficient (Wildman–Crippen LogP) is 1.39. The summed E-state index contributed by atoms with van der Waals surface area (Å²) in [5.41, 5.74) is 0.573. The minimum atomic E-state index is -0.555. The van der Waals surface area contributed by atoms with Crippen molar-refractivity contribution >= 4 is 0 Å². The third-order valence-electron chi connectivity index (χ3n) is 4.02. The predicted molar refractivity (Wildman–Crippen MR) is 68.4 cm³/mol. The molecule has 0 amide bonds. The van der Waals surface area contributed by atoms with E-state index in [-0.39, 0.29) is 5.54 Å². The van der Waals surface area contributed by atoms with Crippen LogP contribution < -0.4 is 4.74 Å². The van der Waals surface area contributed by atoms with E-state index < -0.39 is 6.10 Å². The monoisotopic (exact) mass is 251 g/mol. The Bertz CT molecular complexity index is 386. The second-order valence-electron chi connectivity index (χ2n) is 5.11. The Morgan fingerprint density at radius 1 is 1.28 bits per heavy atom. The van der Waals surface area contributed by atoms with Crippen LogP contribution in [0.15, 0.2) is 12.4 Å². The van der Waals surface area contributed by atoms with Crippen molar-refractivity contribution in [1.29, 1.82) is 0 Å². The van der Waals surface area contributed by atoms with E-state index in [0.29, 0.717) is 6.01 Å². The van der Waals surface area contributed by atoms with Crippen molar-refractivity contribution in [3.63, 3.8) is 0 Å². The molecule has 1 aromatic rings. The lowest BCUT2D eigenvalue weighted by atomic mass is 9.86. The molecule has 0 aliphatic heterocycles. The maximum atomic E-state index is 10.6. The topological polar surface area (TPSA) is 58.5 Å². The molecule has 1 heterocycles. The Labute approximate surface area is 108 Å². The minimum absolute atomic E-state index is 0.183. The SMILES string of the molecule is COc1ncc(C(O)C2(N(C)C)CCCC2)cn1. The molecule has 100 valence electrons. The molecule has 5 nitrogen and oxygen atoms in total. The Kier molecular flexibility index (Phi) is 3.82. The Morgan fingerprint density at radius 3 is 2.28 bits per heavy atom. The molecule has 1 aromatic heterocycles. The van der Waals surface area contributed by atoms with Crippen LogP contribution in [0.5, 0.6) is 6.01 Å². The van der Waals surface area contributed by atoms with E-state index in [1.165, 1.54) is 7.11 Å². The molecule has 0 saturated heterocycles. The van der Waals surface area contributed by atoms with Gasteiger partial charge in [-0.05, 0) is 26.9 Å². The number of aliphatic hydroxyl groups is 1. The van der Waals surface area contributed by atoms with Crippen molar-refractivity contribution in [2.45, 2.75) is 37.3 Å². The second-order valence-corrected chi connectivity index (χ2v) is 5.11. The van der Waals surface area contributed by atoms with Crippen LogP contribution in [-0.2, 0) is 0 Å². The van der Waals surface area contributed by atoms with Crippen molar-refractivity contribution < 1.29 is 9.84 Å². The first kappa shape index (κ1) is 13.2. The highest BCUT2D eigenvalue weighted by Gasteiger charge is 2.43. The minimum Gasteiger partial charge on any atom is -0.467 e. The molecule has 1 aliphatic rings. The summed E-state index contributed by atoms with van der Waals surface area (Å²) >= 11 is 0. The molecule has 1 atom stereocenters. The molecule has 1 saturated carbocycles. The maximum Gasteiger partial charge on any atom is 0.316 e. The molecule has 0 radical (unpaired) electrons. The van der Waals surface area contributed by atoms with Crippen LogP contribution in [0.4, 0.5) is 0 Å². The van der Waals surface area contributed by atoms with E-state index in [4.69, 9.17) is 4.74 Å². The summed E-state index contributed by atoms with van der Waals surface area (Å²) in [5.74, 6) is 0. The number of hydrogen-bond donors (Lipinski definition) is 1. The molecule has 18 heavy (non-hydrogen) atoms. The third kappa shape index (κ3) is 2.20. The van der Waals surface area contributed by atoms with Gasteiger partial charge in [-0.1, -0.05) is 12.8 Å². The Hall–Kier alpha value is -1.20. The van der Waals surface area contributed by atoms with E-state index in [0.717, 1.165) is 31.2 Å². The number of hydrogen-bond acceptors (Lipinski definition) is 5. The van der Waals surface area contributed by atoms with Crippen molar-refractivity contribution in [3.8, 4) is 6.01 Å². The molecule has 1 N–H and O–H groups in total. The average molecular weight is 251 g/mol. The number of rotatable bonds is 4. The summed E-state index contributed by atoms with van der Waals surface area (Å²) in [6.07, 6.45) is 7.08. The standard InChI is InChI=1S/C13H21N3O2/c1-16(2)13(6-4-5-7-13)11(17)10-8-14-12(18-3)15-9-10/h8-9,11,17H,4-7H2,1-3H3. The van der Waals surface area contributed by atoms with Crippen LogP contribution >= 0.6 is 0 Å². The second kappa shape index (κ2) is 5.20. The highest BCUT2D eigenvalue weighted by molar-refractivity contribution is 5.17. The molecule has 1 aliphatic carbocycles. The first-order valence-electron chi connectivity index (χ1n) is 6.31. The van der Waals surface area contributed by atoms with Gasteiger partial charge < -0.3 is 14.7 Å². The zero-order chi connectivity index (χ0) is 13.2. The van der Waals surface area contributed by atoms with Gasteiger partial charge in [0.15, 0.2) is 0 Å². The number of likely N-dealkylation sites (N-methyl/N-ethyl adjacent to an activating group) is 1. The number of ether oxygens (including phenoxy) is 1. The third-order valence-corrected chi connectivity index (χ3v) is 4.02. The van der Waals surface area contributed by atoms with Gasteiger partial charge in [0.25, 0.3) is 0 Å². The van der Waals surface area contributed by atoms with Crippen molar-refractivity contribution in [1.82, 2.24) is 14.9 Å². The largest absolute Gasteiger partial charge is 0.467 e. The lowest BCUT2D eigenvalue weighted by Crippen LogP contribution is -2.47. The summed E-state index contributed by atoms with van der Waals surface area (Å²) in [6, 6.07) is 0.330. The molecule has 5 heteroatoms. The number of methoxy groups -OCH3 is 1. The first-order valence-corrected chi connectivity index (χ1v) is 6.31. The van der Waals surface area contributed by atoms with Crippen LogP contribution in [-0.4, -0.2) is 46.7 Å². The quantitative estimate of drug-likeness (QED) is 0.876. The number of aliphatic hydroxyl groups excluding tert-OH is 1. The normalized spacial score (nSPS) is 20.1. The van der Waals surface area contributed by atoms with Crippen LogP contribution in [0.2, 0.25) is 0 Å². The maximum absolute atomic E-state index is 10.6. The fourth-order valence-electron chi connectivity index (χ4n) is 2.84. The van der Waals surface area contributed by atoms with Gasteiger partial charge in [0.2, 0.25) is 0 Å². The van der Waals surface area contributed by atoms with Crippen molar-refractivity contribution in [2.75, 3.05) is 21.2 Å². The van der Waals surface area contributed by atoms with Crippen molar-refractivity contribution in [3.05, 3.63) is 18.0 Å². The van der Waals surface area contributed by atoms with Crippen LogP contribution in [0.1, 0.15) is 37.4 Å².